The van der Waals surface area contributed by atoms with Gasteiger partial charge in [-0.15, -0.1) is 0 Å². The number of aromatic nitrogens is 2. The maximum Gasteiger partial charge on any atom is 0.259 e. The molecule has 36 heavy (non-hydrogen) atoms. The standard InChI is InChI=1S/C27H32N6O3/c1-4-20(17-30-19(3)28)23-15-21-7-8-29-27(34)25(21)26(32-23)31-22-6-5-18(2)24(16-22)36-14-11-33-9-12-35-13-10-33/h4-8,15-17H,1,9-14H2,2-3H3,(H2,28,30)(H,29,34)(H,31,32)/b20-17+. The molecule has 2 aromatic heterocycles. The molecule has 0 atom stereocenters. The van der Waals surface area contributed by atoms with Crippen molar-refractivity contribution in [2.75, 3.05) is 44.8 Å². The highest BCUT2D eigenvalue weighted by Crippen LogP contribution is 2.29. The van der Waals surface area contributed by atoms with Gasteiger partial charge in [-0.25, -0.2) is 9.98 Å². The van der Waals surface area contributed by atoms with Gasteiger partial charge in [0.1, 0.15) is 18.2 Å². The Balaban J connectivity index is 1.63. The summed E-state index contributed by atoms with van der Waals surface area (Å²) in [4.78, 5) is 26.7. The third kappa shape index (κ3) is 6.18. The van der Waals surface area contributed by atoms with Gasteiger partial charge in [-0.2, -0.15) is 0 Å². The monoisotopic (exact) mass is 488 g/mol. The lowest BCUT2D eigenvalue weighted by Gasteiger charge is -2.26. The van der Waals surface area contributed by atoms with E-state index in [0.717, 1.165) is 55.2 Å². The maximum atomic E-state index is 12.7. The number of H-pyrrole nitrogens is 1. The third-order valence-corrected chi connectivity index (χ3v) is 5.90. The summed E-state index contributed by atoms with van der Waals surface area (Å²) >= 11 is 0. The van der Waals surface area contributed by atoms with Crippen LogP contribution in [0.2, 0.25) is 0 Å². The number of nitrogens with one attached hydrogen (secondary N) is 2. The fourth-order valence-electron chi connectivity index (χ4n) is 3.93. The summed E-state index contributed by atoms with van der Waals surface area (Å²) in [6.45, 7) is 12.4. The smallest absolute Gasteiger partial charge is 0.259 e. The SMILES string of the molecule is C=C/C(=C\N=C(C)N)c1cc2cc[nH]c(=O)c2c(Nc2ccc(C)c(OCCN3CCOCC3)c2)n1. The summed E-state index contributed by atoms with van der Waals surface area (Å²) in [5, 5.41) is 4.51. The number of benzene rings is 1. The predicted octanol–water partition coefficient (Wildman–Crippen LogP) is 3.59. The first-order chi connectivity index (χ1) is 17.4. The Morgan fingerprint density at radius 3 is 2.89 bits per heavy atom. The number of amidine groups is 1. The zero-order valence-electron chi connectivity index (χ0n) is 20.7. The molecule has 1 aliphatic heterocycles. The quantitative estimate of drug-likeness (QED) is 0.239. The Morgan fingerprint density at radius 2 is 2.14 bits per heavy atom. The number of pyridine rings is 2. The minimum atomic E-state index is -0.233. The second-order valence-electron chi connectivity index (χ2n) is 8.59. The maximum absolute atomic E-state index is 12.7. The van der Waals surface area contributed by atoms with Crippen LogP contribution < -0.4 is 21.3 Å². The van der Waals surface area contributed by atoms with Crippen molar-refractivity contribution in [2.45, 2.75) is 13.8 Å². The molecule has 1 aromatic carbocycles. The second-order valence-corrected chi connectivity index (χ2v) is 8.59. The van der Waals surface area contributed by atoms with Gasteiger partial charge in [0.2, 0.25) is 0 Å². The minimum Gasteiger partial charge on any atom is -0.492 e. The molecule has 9 heteroatoms. The summed E-state index contributed by atoms with van der Waals surface area (Å²) in [6, 6.07) is 9.52. The molecule has 3 aromatic rings. The number of aryl methyl sites for hydroxylation is 1. The predicted molar refractivity (Wildman–Crippen MR) is 145 cm³/mol. The van der Waals surface area contributed by atoms with Crippen molar-refractivity contribution in [1.82, 2.24) is 14.9 Å². The van der Waals surface area contributed by atoms with Crippen LogP contribution in [-0.4, -0.2) is 60.2 Å². The molecule has 0 radical (unpaired) electrons. The molecule has 1 fully saturated rings. The van der Waals surface area contributed by atoms with Gasteiger partial charge in [-0.3, -0.25) is 9.69 Å². The van der Waals surface area contributed by atoms with Gasteiger partial charge in [0.15, 0.2) is 0 Å². The Labute approximate surface area is 210 Å². The molecule has 0 amide bonds. The number of hydrogen-bond donors (Lipinski definition) is 3. The lowest BCUT2D eigenvalue weighted by atomic mass is 10.1. The first-order valence-electron chi connectivity index (χ1n) is 11.9. The van der Waals surface area contributed by atoms with Crippen molar-refractivity contribution >= 4 is 33.7 Å². The number of nitrogens with zero attached hydrogens (tertiary/aromatic N) is 3. The molecule has 1 saturated heterocycles. The molecule has 188 valence electrons. The highest BCUT2D eigenvalue weighted by atomic mass is 16.5. The average molecular weight is 489 g/mol. The molecule has 0 bridgehead atoms. The average Bonchev–Trinajstić information content (AvgIpc) is 2.87. The molecule has 0 saturated carbocycles. The van der Waals surface area contributed by atoms with E-state index in [9.17, 15) is 4.79 Å². The van der Waals surface area contributed by atoms with Crippen LogP contribution in [0.5, 0.6) is 5.75 Å². The van der Waals surface area contributed by atoms with E-state index in [1.807, 2.05) is 37.3 Å². The molecular weight excluding hydrogens is 456 g/mol. The number of aromatic amines is 1. The molecule has 0 spiro atoms. The van der Waals surface area contributed by atoms with Crippen LogP contribution in [0.15, 0.2) is 65.2 Å². The zero-order valence-corrected chi connectivity index (χ0v) is 20.7. The Morgan fingerprint density at radius 1 is 1.33 bits per heavy atom. The molecule has 3 heterocycles. The zero-order chi connectivity index (χ0) is 25.5. The fraction of sp³-hybridized carbons (Fsp3) is 0.296. The minimum absolute atomic E-state index is 0.233. The molecule has 4 rings (SSSR count). The molecular formula is C27H32N6O3. The van der Waals surface area contributed by atoms with E-state index >= 15 is 0 Å². The van der Waals surface area contributed by atoms with Crippen molar-refractivity contribution < 1.29 is 9.47 Å². The third-order valence-electron chi connectivity index (χ3n) is 5.90. The van der Waals surface area contributed by atoms with E-state index in [1.54, 1.807) is 25.4 Å². The second kappa shape index (κ2) is 11.7. The van der Waals surface area contributed by atoms with Crippen LogP contribution in [0.3, 0.4) is 0 Å². The van der Waals surface area contributed by atoms with E-state index in [0.29, 0.717) is 34.9 Å². The van der Waals surface area contributed by atoms with Crippen molar-refractivity contribution in [2.24, 2.45) is 10.7 Å². The van der Waals surface area contributed by atoms with Crippen LogP contribution in [0.25, 0.3) is 16.3 Å². The number of anilines is 2. The van der Waals surface area contributed by atoms with Gasteiger partial charge in [0.05, 0.1) is 30.1 Å². The van der Waals surface area contributed by atoms with Gasteiger partial charge in [-0.1, -0.05) is 18.7 Å². The van der Waals surface area contributed by atoms with Crippen LogP contribution in [0.1, 0.15) is 18.2 Å². The fourth-order valence-corrected chi connectivity index (χ4v) is 3.93. The van der Waals surface area contributed by atoms with Gasteiger partial charge in [-0.05, 0) is 43.0 Å². The highest BCUT2D eigenvalue weighted by molar-refractivity contribution is 5.95. The summed E-state index contributed by atoms with van der Waals surface area (Å²) in [5.74, 6) is 1.63. The van der Waals surface area contributed by atoms with Gasteiger partial charge >= 0.3 is 0 Å². The number of ether oxygens (including phenoxy) is 2. The lowest BCUT2D eigenvalue weighted by molar-refractivity contribution is 0.0322. The van der Waals surface area contributed by atoms with E-state index < -0.39 is 0 Å². The van der Waals surface area contributed by atoms with E-state index in [-0.39, 0.29) is 5.56 Å². The first-order valence-corrected chi connectivity index (χ1v) is 11.9. The number of morpholine rings is 1. The number of hydrogen-bond acceptors (Lipinski definition) is 7. The van der Waals surface area contributed by atoms with Crippen LogP contribution >= 0.6 is 0 Å². The van der Waals surface area contributed by atoms with Crippen molar-refractivity contribution in [3.05, 3.63) is 77.0 Å². The van der Waals surface area contributed by atoms with Crippen LogP contribution in [-0.2, 0) is 4.74 Å². The van der Waals surface area contributed by atoms with Crippen molar-refractivity contribution in [3.63, 3.8) is 0 Å². The highest BCUT2D eigenvalue weighted by Gasteiger charge is 2.14. The number of fused-ring (bicyclic) bond motifs is 1. The Hall–Kier alpha value is -3.95. The van der Waals surface area contributed by atoms with Crippen LogP contribution in [0, 0.1) is 6.92 Å². The number of allylic oxidation sites excluding steroid dienone is 2. The number of aliphatic imine (C=N–C) groups is 1. The van der Waals surface area contributed by atoms with Gasteiger partial charge in [0, 0.05) is 49.4 Å². The summed E-state index contributed by atoms with van der Waals surface area (Å²) < 4.78 is 11.5. The number of nitrogens with two attached hydrogens (primary N) is 1. The normalized spacial score (nSPS) is 15.2. The van der Waals surface area contributed by atoms with Crippen LogP contribution in [0.4, 0.5) is 11.5 Å². The van der Waals surface area contributed by atoms with E-state index in [4.69, 9.17) is 20.2 Å². The van der Waals surface area contributed by atoms with Crippen molar-refractivity contribution in [1.29, 1.82) is 0 Å². The topological polar surface area (TPSA) is 118 Å². The Kier molecular flexibility index (Phi) is 8.14. The first kappa shape index (κ1) is 25.2. The molecule has 1 aliphatic rings. The molecule has 4 N–H and O–H groups in total. The molecule has 0 unspecified atom stereocenters. The van der Waals surface area contributed by atoms with E-state index in [1.165, 1.54) is 0 Å². The summed E-state index contributed by atoms with van der Waals surface area (Å²) in [7, 11) is 0. The molecule has 0 aliphatic carbocycles. The summed E-state index contributed by atoms with van der Waals surface area (Å²) in [6.07, 6.45) is 4.88. The van der Waals surface area contributed by atoms with E-state index in [2.05, 4.69) is 26.8 Å². The largest absolute Gasteiger partial charge is 0.492 e. The van der Waals surface area contributed by atoms with Crippen molar-refractivity contribution in [3.8, 4) is 5.75 Å². The lowest BCUT2D eigenvalue weighted by Crippen LogP contribution is -2.38. The van der Waals surface area contributed by atoms with Gasteiger partial charge < -0.3 is 25.5 Å². The molecule has 9 nitrogen and oxygen atoms in total. The number of rotatable bonds is 9. The Bertz CT molecular complexity index is 1350. The summed E-state index contributed by atoms with van der Waals surface area (Å²) in [5.41, 5.74) is 8.54. The van der Waals surface area contributed by atoms with Gasteiger partial charge in [0.25, 0.3) is 5.56 Å².